The van der Waals surface area contributed by atoms with Crippen LogP contribution in [0, 0.1) is 0 Å². The number of carbonyl (C=O) groups is 1. The van der Waals surface area contributed by atoms with E-state index in [1.165, 1.54) is 0 Å². The van der Waals surface area contributed by atoms with Crippen LogP contribution in [0.1, 0.15) is 5.69 Å². The highest BCUT2D eigenvalue weighted by molar-refractivity contribution is 5.89. The molecule has 134 valence electrons. The van der Waals surface area contributed by atoms with E-state index in [2.05, 4.69) is 25.6 Å². The van der Waals surface area contributed by atoms with Gasteiger partial charge in [-0.05, 0) is 47.9 Å². The largest absolute Gasteiger partial charge is 0.424 e. The number of ether oxygens (including phenoxy) is 1. The lowest BCUT2D eigenvalue weighted by molar-refractivity contribution is 0.251. The number of amides is 2. The lowest BCUT2D eigenvalue weighted by atomic mass is 10.2. The summed E-state index contributed by atoms with van der Waals surface area (Å²) in [5.41, 5.74) is 2.65. The highest BCUT2D eigenvalue weighted by Crippen LogP contribution is 2.20. The second-order valence-electron chi connectivity index (χ2n) is 5.85. The zero-order valence-corrected chi connectivity index (χ0v) is 14.3. The minimum Gasteiger partial charge on any atom is -0.424 e. The van der Waals surface area contributed by atoms with Crippen molar-refractivity contribution in [2.24, 2.45) is 0 Å². The first-order chi connectivity index (χ1) is 13.3. The van der Waals surface area contributed by atoms with Crippen molar-refractivity contribution in [3.05, 3.63) is 78.8 Å². The standard InChI is InChI=1S/C20H17N5O2/c26-19(23-13-16-12-14-4-1-2-5-18(14)24-16)25-15-6-8-17(9-7-15)27-20-21-10-3-11-22-20/h1-12,24H,13H2,(H2,23,25,26). The van der Waals surface area contributed by atoms with E-state index < -0.39 is 0 Å². The number of fused-ring (bicyclic) bond motifs is 1. The third kappa shape index (κ3) is 4.21. The van der Waals surface area contributed by atoms with E-state index in [9.17, 15) is 4.79 Å². The van der Waals surface area contributed by atoms with Gasteiger partial charge in [0.2, 0.25) is 0 Å². The average Bonchev–Trinajstić information content (AvgIpc) is 3.12. The molecule has 7 heteroatoms. The van der Waals surface area contributed by atoms with Gasteiger partial charge in [0.1, 0.15) is 5.75 Å². The summed E-state index contributed by atoms with van der Waals surface area (Å²) >= 11 is 0. The van der Waals surface area contributed by atoms with Gasteiger partial charge in [-0.1, -0.05) is 18.2 Å². The number of urea groups is 1. The van der Waals surface area contributed by atoms with Gasteiger partial charge in [0.15, 0.2) is 0 Å². The van der Waals surface area contributed by atoms with Gasteiger partial charge in [0, 0.05) is 29.3 Å². The smallest absolute Gasteiger partial charge is 0.321 e. The Kier molecular flexibility index (Phi) is 4.65. The minimum absolute atomic E-state index is 0.272. The molecule has 2 aromatic heterocycles. The number of anilines is 1. The molecule has 3 N–H and O–H groups in total. The van der Waals surface area contributed by atoms with Gasteiger partial charge in [0.05, 0.1) is 6.54 Å². The molecule has 0 atom stereocenters. The van der Waals surface area contributed by atoms with Crippen molar-refractivity contribution in [3.8, 4) is 11.8 Å². The van der Waals surface area contributed by atoms with Crippen molar-refractivity contribution in [2.45, 2.75) is 6.54 Å². The molecule has 2 aromatic carbocycles. The second-order valence-corrected chi connectivity index (χ2v) is 5.85. The Labute approximate surface area is 155 Å². The summed E-state index contributed by atoms with van der Waals surface area (Å²) in [6.45, 7) is 0.410. The highest BCUT2D eigenvalue weighted by atomic mass is 16.5. The molecule has 0 unspecified atom stereocenters. The van der Waals surface area contributed by atoms with Crippen molar-refractivity contribution >= 4 is 22.6 Å². The van der Waals surface area contributed by atoms with Gasteiger partial charge in [-0.3, -0.25) is 0 Å². The van der Waals surface area contributed by atoms with E-state index in [-0.39, 0.29) is 12.0 Å². The molecule has 4 rings (SSSR count). The maximum Gasteiger partial charge on any atom is 0.321 e. The minimum atomic E-state index is -0.284. The molecular formula is C20H17N5O2. The normalized spacial score (nSPS) is 10.5. The van der Waals surface area contributed by atoms with Gasteiger partial charge in [0.25, 0.3) is 0 Å². The first-order valence-electron chi connectivity index (χ1n) is 8.43. The number of rotatable bonds is 5. The number of aromatic nitrogens is 3. The zero-order valence-electron chi connectivity index (χ0n) is 14.3. The van der Waals surface area contributed by atoms with Crippen LogP contribution in [0.5, 0.6) is 11.8 Å². The van der Waals surface area contributed by atoms with E-state index in [1.54, 1.807) is 42.7 Å². The molecule has 4 aromatic rings. The van der Waals surface area contributed by atoms with Crippen LogP contribution in [-0.4, -0.2) is 21.0 Å². The number of aromatic amines is 1. The van der Waals surface area contributed by atoms with Gasteiger partial charge in [-0.2, -0.15) is 0 Å². The molecule has 0 aliphatic heterocycles. The van der Waals surface area contributed by atoms with Crippen LogP contribution in [0.2, 0.25) is 0 Å². The number of H-pyrrole nitrogens is 1. The summed E-state index contributed by atoms with van der Waals surface area (Å²) in [4.78, 5) is 23.4. The number of benzene rings is 2. The number of nitrogens with one attached hydrogen (secondary N) is 3. The first kappa shape index (κ1) is 16.6. The van der Waals surface area contributed by atoms with Crippen molar-refractivity contribution in [3.63, 3.8) is 0 Å². The summed E-state index contributed by atoms with van der Waals surface area (Å²) in [6.07, 6.45) is 3.21. The molecule has 0 saturated heterocycles. The molecule has 2 amide bonds. The first-order valence-corrected chi connectivity index (χ1v) is 8.43. The van der Waals surface area contributed by atoms with Crippen LogP contribution >= 0.6 is 0 Å². The van der Waals surface area contributed by atoms with Gasteiger partial charge >= 0.3 is 12.0 Å². The van der Waals surface area contributed by atoms with Crippen molar-refractivity contribution in [2.75, 3.05) is 5.32 Å². The Hall–Kier alpha value is -3.87. The van der Waals surface area contributed by atoms with E-state index >= 15 is 0 Å². The maximum absolute atomic E-state index is 12.1. The molecule has 7 nitrogen and oxygen atoms in total. The molecule has 2 heterocycles. The fraction of sp³-hybridized carbons (Fsp3) is 0.0500. The topological polar surface area (TPSA) is 91.9 Å². The Morgan fingerprint density at radius 1 is 1.00 bits per heavy atom. The average molecular weight is 359 g/mol. The molecule has 0 saturated carbocycles. The van der Waals surface area contributed by atoms with Crippen LogP contribution in [0.3, 0.4) is 0 Å². The number of hydrogen-bond donors (Lipinski definition) is 3. The Morgan fingerprint density at radius 2 is 1.78 bits per heavy atom. The van der Waals surface area contributed by atoms with Crippen LogP contribution in [0.15, 0.2) is 73.1 Å². The zero-order chi connectivity index (χ0) is 18.5. The number of carbonyl (C=O) groups excluding carboxylic acids is 1. The van der Waals surface area contributed by atoms with Crippen LogP contribution in [0.4, 0.5) is 10.5 Å². The fourth-order valence-electron chi connectivity index (χ4n) is 2.63. The second kappa shape index (κ2) is 7.57. The summed E-state index contributed by atoms with van der Waals surface area (Å²) in [7, 11) is 0. The Morgan fingerprint density at radius 3 is 2.56 bits per heavy atom. The van der Waals surface area contributed by atoms with Crippen molar-refractivity contribution in [1.29, 1.82) is 0 Å². The summed E-state index contributed by atoms with van der Waals surface area (Å²) < 4.78 is 5.52. The monoisotopic (exact) mass is 359 g/mol. The number of nitrogens with zero attached hydrogens (tertiary/aromatic N) is 2. The van der Waals surface area contributed by atoms with Crippen LogP contribution in [-0.2, 0) is 6.54 Å². The van der Waals surface area contributed by atoms with E-state index in [1.807, 2.05) is 30.3 Å². The highest BCUT2D eigenvalue weighted by Gasteiger charge is 2.05. The molecule has 0 fully saturated rings. The molecule has 0 aliphatic carbocycles. The van der Waals surface area contributed by atoms with E-state index in [0.29, 0.717) is 18.0 Å². The fourth-order valence-corrected chi connectivity index (χ4v) is 2.63. The van der Waals surface area contributed by atoms with Gasteiger partial charge < -0.3 is 20.4 Å². The van der Waals surface area contributed by atoms with E-state index in [0.717, 1.165) is 16.6 Å². The SMILES string of the molecule is O=C(NCc1cc2ccccc2[nH]1)Nc1ccc(Oc2ncccn2)cc1. The third-order valence-electron chi connectivity index (χ3n) is 3.89. The molecule has 0 bridgehead atoms. The van der Waals surface area contributed by atoms with Crippen molar-refractivity contribution < 1.29 is 9.53 Å². The third-order valence-corrected chi connectivity index (χ3v) is 3.89. The van der Waals surface area contributed by atoms with Crippen LogP contribution < -0.4 is 15.4 Å². The van der Waals surface area contributed by atoms with Gasteiger partial charge in [-0.15, -0.1) is 0 Å². The van der Waals surface area contributed by atoms with Crippen LogP contribution in [0.25, 0.3) is 10.9 Å². The molecule has 0 radical (unpaired) electrons. The quantitative estimate of drug-likeness (QED) is 0.501. The summed E-state index contributed by atoms with van der Waals surface area (Å²) in [5, 5.41) is 6.73. The molecular weight excluding hydrogens is 342 g/mol. The number of para-hydroxylation sites is 1. The Bertz CT molecular complexity index is 1010. The predicted molar refractivity (Wildman–Crippen MR) is 103 cm³/mol. The van der Waals surface area contributed by atoms with Crippen molar-refractivity contribution in [1.82, 2.24) is 20.3 Å². The molecule has 0 spiro atoms. The lowest BCUT2D eigenvalue weighted by Gasteiger charge is -2.08. The van der Waals surface area contributed by atoms with E-state index in [4.69, 9.17) is 4.74 Å². The Balaban J connectivity index is 1.31. The van der Waals surface area contributed by atoms with Gasteiger partial charge in [-0.25, -0.2) is 14.8 Å². The number of hydrogen-bond acceptors (Lipinski definition) is 4. The summed E-state index contributed by atoms with van der Waals surface area (Å²) in [6, 6.07) is 18.7. The summed E-state index contributed by atoms with van der Waals surface area (Å²) in [5.74, 6) is 0.588. The predicted octanol–water partition coefficient (Wildman–Crippen LogP) is 4.07. The maximum atomic E-state index is 12.1. The molecule has 27 heavy (non-hydrogen) atoms. The lowest BCUT2D eigenvalue weighted by Crippen LogP contribution is -2.28. The molecule has 0 aliphatic rings.